The van der Waals surface area contributed by atoms with Gasteiger partial charge in [-0.1, -0.05) is 40.2 Å². The first-order chi connectivity index (χ1) is 15.7. The zero-order chi connectivity index (χ0) is 23.6. The number of ether oxygens (including phenoxy) is 2. The molecule has 33 heavy (non-hydrogen) atoms. The number of benzene rings is 2. The monoisotopic (exact) mass is 512 g/mol. The topological polar surface area (TPSA) is 76.6 Å². The second kappa shape index (κ2) is 9.55. The van der Waals surface area contributed by atoms with E-state index in [4.69, 9.17) is 9.47 Å². The van der Waals surface area contributed by atoms with Gasteiger partial charge >= 0.3 is 6.09 Å². The van der Waals surface area contributed by atoms with Crippen LogP contribution in [0.4, 0.5) is 10.6 Å². The van der Waals surface area contributed by atoms with Gasteiger partial charge in [0.15, 0.2) is 5.82 Å². The molecule has 1 fully saturated rings. The summed E-state index contributed by atoms with van der Waals surface area (Å²) in [5, 5.41) is 14.6. The van der Waals surface area contributed by atoms with Crippen LogP contribution in [0.3, 0.4) is 0 Å². The maximum absolute atomic E-state index is 12.5. The van der Waals surface area contributed by atoms with Crippen molar-refractivity contribution >= 4 is 38.6 Å². The molecule has 7 nitrogen and oxygen atoms in total. The zero-order valence-electron chi connectivity index (χ0n) is 19.4. The molecule has 8 heteroatoms. The molecule has 0 radical (unpaired) electrons. The lowest BCUT2D eigenvalue weighted by Crippen LogP contribution is -2.47. The van der Waals surface area contributed by atoms with E-state index in [1.54, 1.807) is 12.0 Å². The number of likely N-dealkylation sites (tertiary alicyclic amines) is 1. The Kier molecular flexibility index (Phi) is 6.74. The Balaban J connectivity index is 1.61. The third kappa shape index (κ3) is 5.38. The molecule has 1 unspecified atom stereocenters. The summed E-state index contributed by atoms with van der Waals surface area (Å²) >= 11 is 3.49. The second-order valence-electron chi connectivity index (χ2n) is 9.20. The predicted octanol–water partition coefficient (Wildman–Crippen LogP) is 5.88. The molecule has 1 atom stereocenters. The van der Waals surface area contributed by atoms with Gasteiger partial charge in [0.2, 0.25) is 0 Å². The number of methoxy groups -OCH3 is 1. The van der Waals surface area contributed by atoms with Crippen LogP contribution in [0.5, 0.6) is 5.75 Å². The highest BCUT2D eigenvalue weighted by Gasteiger charge is 2.28. The van der Waals surface area contributed by atoms with Crippen LogP contribution >= 0.6 is 15.9 Å². The van der Waals surface area contributed by atoms with Gasteiger partial charge in [0.05, 0.1) is 7.11 Å². The molecule has 0 bridgehead atoms. The lowest BCUT2D eigenvalue weighted by atomic mass is 10.0. The lowest BCUT2D eigenvalue weighted by molar-refractivity contribution is 0.0206. The van der Waals surface area contributed by atoms with Crippen LogP contribution in [-0.2, 0) is 4.74 Å². The molecule has 1 aliphatic heterocycles. The Labute approximate surface area is 202 Å². The summed E-state index contributed by atoms with van der Waals surface area (Å²) in [7, 11) is 1.65. The van der Waals surface area contributed by atoms with E-state index in [2.05, 4.69) is 31.4 Å². The number of nitrogens with zero attached hydrogens (tertiary/aromatic N) is 3. The van der Waals surface area contributed by atoms with Gasteiger partial charge in [0, 0.05) is 39.9 Å². The minimum Gasteiger partial charge on any atom is -0.496 e. The number of fused-ring (bicyclic) bond motifs is 1. The molecule has 4 rings (SSSR count). The van der Waals surface area contributed by atoms with Gasteiger partial charge in [-0.3, -0.25) is 0 Å². The highest BCUT2D eigenvalue weighted by Crippen LogP contribution is 2.36. The number of anilines is 1. The van der Waals surface area contributed by atoms with Gasteiger partial charge in [0.1, 0.15) is 17.0 Å². The largest absolute Gasteiger partial charge is 0.496 e. The summed E-state index contributed by atoms with van der Waals surface area (Å²) < 4.78 is 12.1. The first-order valence-corrected chi connectivity index (χ1v) is 11.9. The van der Waals surface area contributed by atoms with Crippen LogP contribution < -0.4 is 10.1 Å². The van der Waals surface area contributed by atoms with Crippen molar-refractivity contribution in [3.8, 4) is 17.0 Å². The molecule has 1 aromatic heterocycles. The van der Waals surface area contributed by atoms with Crippen molar-refractivity contribution in [3.63, 3.8) is 0 Å². The molecule has 0 spiro atoms. The summed E-state index contributed by atoms with van der Waals surface area (Å²) in [6, 6.07) is 14.0. The van der Waals surface area contributed by atoms with Crippen LogP contribution in [0.25, 0.3) is 22.0 Å². The average Bonchev–Trinajstić information content (AvgIpc) is 2.78. The zero-order valence-corrected chi connectivity index (χ0v) is 21.0. The fourth-order valence-corrected chi connectivity index (χ4v) is 4.39. The van der Waals surface area contributed by atoms with Gasteiger partial charge in [-0.05, 0) is 51.8 Å². The van der Waals surface area contributed by atoms with E-state index in [-0.39, 0.29) is 12.1 Å². The van der Waals surface area contributed by atoms with Crippen molar-refractivity contribution in [2.45, 2.75) is 45.3 Å². The van der Waals surface area contributed by atoms with E-state index < -0.39 is 5.60 Å². The maximum atomic E-state index is 12.5. The van der Waals surface area contributed by atoms with Crippen LogP contribution in [0.1, 0.15) is 33.6 Å². The Morgan fingerprint density at radius 2 is 1.91 bits per heavy atom. The van der Waals surface area contributed by atoms with E-state index in [9.17, 15) is 4.79 Å². The number of hydrogen-bond acceptors (Lipinski definition) is 6. The molecule has 2 aromatic carbocycles. The SMILES string of the molecule is COc1cc(Br)ccc1-c1nnc(NC2CCCN(C(=O)OC(C)(C)C)C2)c2ccccc12. The number of hydrogen-bond donors (Lipinski definition) is 1. The van der Waals surface area contributed by atoms with Crippen molar-refractivity contribution in [3.05, 3.63) is 46.9 Å². The Morgan fingerprint density at radius 1 is 1.15 bits per heavy atom. The van der Waals surface area contributed by atoms with Crippen LogP contribution in [0, 0.1) is 0 Å². The smallest absolute Gasteiger partial charge is 0.410 e. The minimum absolute atomic E-state index is 0.0667. The van der Waals surface area contributed by atoms with E-state index in [0.717, 1.165) is 45.1 Å². The average molecular weight is 513 g/mol. The summed E-state index contributed by atoms with van der Waals surface area (Å²) in [4.78, 5) is 14.3. The van der Waals surface area contributed by atoms with Crippen LogP contribution in [0.2, 0.25) is 0 Å². The van der Waals surface area contributed by atoms with Crippen molar-refractivity contribution < 1.29 is 14.3 Å². The molecule has 3 aromatic rings. The van der Waals surface area contributed by atoms with Gasteiger partial charge < -0.3 is 19.7 Å². The molecule has 174 valence electrons. The highest BCUT2D eigenvalue weighted by molar-refractivity contribution is 9.10. The molecular formula is C25H29BrN4O3. The van der Waals surface area contributed by atoms with E-state index in [0.29, 0.717) is 18.9 Å². The number of amides is 1. The standard InChI is InChI=1S/C25H29BrN4O3/c1-25(2,3)33-24(31)30-13-7-8-17(15-30)27-23-19-10-6-5-9-18(19)22(28-29-23)20-12-11-16(26)14-21(20)32-4/h5-6,9-12,14,17H,7-8,13,15H2,1-4H3,(H,27,29). The number of rotatable bonds is 4. The Hall–Kier alpha value is -2.87. The fourth-order valence-electron chi connectivity index (χ4n) is 4.05. The van der Waals surface area contributed by atoms with Gasteiger partial charge in [-0.2, -0.15) is 0 Å². The van der Waals surface area contributed by atoms with Crippen molar-refractivity contribution in [2.24, 2.45) is 0 Å². The molecule has 1 amide bonds. The van der Waals surface area contributed by atoms with Gasteiger partial charge in [-0.15, -0.1) is 10.2 Å². The van der Waals surface area contributed by atoms with Crippen molar-refractivity contribution in [2.75, 3.05) is 25.5 Å². The quantitative estimate of drug-likeness (QED) is 0.470. The van der Waals surface area contributed by atoms with E-state index in [1.807, 2.05) is 63.2 Å². The van der Waals surface area contributed by atoms with Crippen LogP contribution in [0.15, 0.2) is 46.9 Å². The predicted molar refractivity (Wildman–Crippen MR) is 134 cm³/mol. The van der Waals surface area contributed by atoms with Crippen molar-refractivity contribution in [1.29, 1.82) is 0 Å². The Morgan fingerprint density at radius 3 is 2.64 bits per heavy atom. The first-order valence-electron chi connectivity index (χ1n) is 11.1. The fraction of sp³-hybridized carbons (Fsp3) is 0.400. The third-order valence-electron chi connectivity index (χ3n) is 5.52. The molecular weight excluding hydrogens is 484 g/mol. The summed E-state index contributed by atoms with van der Waals surface area (Å²) in [6.45, 7) is 6.91. The molecule has 0 saturated carbocycles. The normalized spacial score (nSPS) is 16.5. The number of nitrogens with one attached hydrogen (secondary N) is 1. The number of aromatic nitrogens is 2. The van der Waals surface area contributed by atoms with Gasteiger partial charge in [0.25, 0.3) is 0 Å². The number of piperidine rings is 1. The third-order valence-corrected chi connectivity index (χ3v) is 6.01. The van der Waals surface area contributed by atoms with Gasteiger partial charge in [-0.25, -0.2) is 4.79 Å². The number of carbonyl (C=O) groups excluding carboxylic acids is 1. The second-order valence-corrected chi connectivity index (χ2v) is 10.1. The summed E-state index contributed by atoms with van der Waals surface area (Å²) in [6.07, 6.45) is 1.57. The summed E-state index contributed by atoms with van der Waals surface area (Å²) in [5.41, 5.74) is 1.13. The van der Waals surface area contributed by atoms with Crippen LogP contribution in [-0.4, -0.2) is 53.0 Å². The number of halogens is 1. The molecule has 2 heterocycles. The Bertz CT molecular complexity index is 1160. The minimum atomic E-state index is -0.511. The van der Waals surface area contributed by atoms with E-state index in [1.165, 1.54) is 0 Å². The lowest BCUT2D eigenvalue weighted by Gasteiger charge is -2.34. The molecule has 1 saturated heterocycles. The molecule has 0 aliphatic carbocycles. The first kappa shape index (κ1) is 23.3. The number of carbonyl (C=O) groups is 1. The van der Waals surface area contributed by atoms with E-state index >= 15 is 0 Å². The molecule has 1 N–H and O–H groups in total. The maximum Gasteiger partial charge on any atom is 0.410 e. The summed E-state index contributed by atoms with van der Waals surface area (Å²) in [5.74, 6) is 1.44. The highest BCUT2D eigenvalue weighted by atomic mass is 79.9. The van der Waals surface area contributed by atoms with Crippen molar-refractivity contribution in [1.82, 2.24) is 15.1 Å². The molecule has 1 aliphatic rings.